The molecule has 1 atom stereocenters. The van der Waals surface area contributed by atoms with E-state index in [0.717, 1.165) is 5.57 Å². The third-order valence-electron chi connectivity index (χ3n) is 2.21. The summed E-state index contributed by atoms with van der Waals surface area (Å²) in [5.41, 5.74) is -0.116. The molecule has 0 amide bonds. The maximum absolute atomic E-state index is 11.2. The zero-order chi connectivity index (χ0) is 11.5. The van der Waals surface area contributed by atoms with E-state index >= 15 is 0 Å². The highest BCUT2D eigenvalue weighted by atomic mass is 16.5. The zero-order valence-electron chi connectivity index (χ0n) is 8.82. The Balaban J connectivity index is 2.56. The Morgan fingerprint density at radius 1 is 1.60 bits per heavy atom. The molecule has 0 aromatic rings. The van der Waals surface area contributed by atoms with Crippen molar-refractivity contribution in [3.63, 3.8) is 0 Å². The maximum Gasteiger partial charge on any atom is 0.374 e. The van der Waals surface area contributed by atoms with Crippen molar-refractivity contribution in [1.29, 1.82) is 0 Å². The molecule has 1 N–H and O–H groups in total. The molecule has 15 heavy (non-hydrogen) atoms. The molecular weight excluding hydrogens is 196 g/mol. The smallest absolute Gasteiger partial charge is 0.374 e. The summed E-state index contributed by atoms with van der Waals surface area (Å²) in [6.07, 6.45) is 5.50. The van der Waals surface area contributed by atoms with E-state index in [1.165, 1.54) is 7.11 Å². The first-order valence-electron chi connectivity index (χ1n) is 4.66. The third-order valence-corrected chi connectivity index (χ3v) is 2.21. The van der Waals surface area contributed by atoms with Crippen LogP contribution in [0, 0.1) is 0 Å². The number of carbonyl (C=O) groups excluding carboxylic acids is 2. The van der Waals surface area contributed by atoms with Gasteiger partial charge in [0.15, 0.2) is 0 Å². The Hall–Kier alpha value is -1.42. The van der Waals surface area contributed by atoms with Crippen molar-refractivity contribution in [3.05, 3.63) is 23.8 Å². The highest BCUT2D eigenvalue weighted by Gasteiger charge is 2.21. The molecule has 0 aromatic heterocycles. The number of hydrogen-bond donors (Lipinski definition) is 1. The summed E-state index contributed by atoms with van der Waals surface area (Å²) in [5.74, 6) is -1.41. The van der Waals surface area contributed by atoms with Crippen molar-refractivity contribution in [2.24, 2.45) is 0 Å². The molecule has 0 aliphatic heterocycles. The highest BCUT2D eigenvalue weighted by Crippen LogP contribution is 2.21. The summed E-state index contributed by atoms with van der Waals surface area (Å²) in [6, 6.07) is 0. The number of ether oxygens (including phenoxy) is 1. The number of aliphatic hydroxyl groups is 1. The second-order valence-corrected chi connectivity index (χ2v) is 3.77. The minimum absolute atomic E-state index is 0.0270. The summed E-state index contributed by atoms with van der Waals surface area (Å²) in [6.45, 7) is 1.68. The molecule has 1 rings (SSSR count). The number of carbonyl (C=O) groups is 2. The minimum Gasteiger partial charge on any atom is -0.463 e. The average molecular weight is 210 g/mol. The second kappa shape index (κ2) is 4.40. The molecule has 0 saturated carbocycles. The van der Waals surface area contributed by atoms with Gasteiger partial charge < -0.3 is 9.84 Å². The van der Waals surface area contributed by atoms with E-state index in [2.05, 4.69) is 4.74 Å². The van der Waals surface area contributed by atoms with E-state index in [1.54, 1.807) is 25.2 Å². The first kappa shape index (κ1) is 11.7. The van der Waals surface area contributed by atoms with E-state index in [-0.39, 0.29) is 6.42 Å². The van der Waals surface area contributed by atoms with Gasteiger partial charge in [0.05, 0.1) is 12.7 Å². The highest BCUT2D eigenvalue weighted by molar-refractivity contribution is 6.34. The fourth-order valence-electron chi connectivity index (χ4n) is 1.26. The molecule has 1 unspecified atom stereocenters. The number of ketones is 1. The topological polar surface area (TPSA) is 63.6 Å². The van der Waals surface area contributed by atoms with Crippen LogP contribution >= 0.6 is 0 Å². The predicted octanol–water partition coefficient (Wildman–Crippen LogP) is 0.756. The summed E-state index contributed by atoms with van der Waals surface area (Å²) in [5, 5.41) is 9.57. The molecule has 1 aliphatic rings. The van der Waals surface area contributed by atoms with Crippen molar-refractivity contribution in [1.82, 2.24) is 0 Å². The van der Waals surface area contributed by atoms with Gasteiger partial charge in [0.2, 0.25) is 5.78 Å². The fraction of sp³-hybridized carbons (Fsp3) is 0.455. The average Bonchev–Trinajstić information content (AvgIpc) is 2.20. The minimum atomic E-state index is -0.849. The Kier molecular flexibility index (Phi) is 3.42. The lowest BCUT2D eigenvalue weighted by Gasteiger charge is -2.20. The van der Waals surface area contributed by atoms with Gasteiger partial charge in [-0.2, -0.15) is 0 Å². The molecule has 4 nitrogen and oxygen atoms in total. The molecule has 4 heteroatoms. The predicted molar refractivity (Wildman–Crippen MR) is 54.1 cm³/mol. The van der Waals surface area contributed by atoms with Crippen LogP contribution in [-0.4, -0.2) is 29.6 Å². The zero-order valence-corrected chi connectivity index (χ0v) is 8.82. The maximum atomic E-state index is 11.2. The van der Waals surface area contributed by atoms with Gasteiger partial charge in [0.1, 0.15) is 0 Å². The van der Waals surface area contributed by atoms with E-state index in [4.69, 9.17) is 0 Å². The van der Waals surface area contributed by atoms with Gasteiger partial charge in [-0.1, -0.05) is 18.2 Å². The molecule has 0 saturated heterocycles. The Labute approximate surface area is 88.2 Å². The molecule has 0 fully saturated rings. The van der Waals surface area contributed by atoms with E-state index in [9.17, 15) is 14.7 Å². The summed E-state index contributed by atoms with van der Waals surface area (Å²) in [7, 11) is 1.18. The molecule has 0 heterocycles. The molecule has 0 spiro atoms. The van der Waals surface area contributed by atoms with Gasteiger partial charge >= 0.3 is 5.97 Å². The van der Waals surface area contributed by atoms with Crippen LogP contribution in [0.4, 0.5) is 0 Å². The summed E-state index contributed by atoms with van der Waals surface area (Å²) >= 11 is 0. The van der Waals surface area contributed by atoms with Crippen molar-refractivity contribution in [2.75, 3.05) is 7.11 Å². The van der Waals surface area contributed by atoms with Gasteiger partial charge in [-0.25, -0.2) is 4.79 Å². The van der Waals surface area contributed by atoms with E-state index in [0.29, 0.717) is 6.42 Å². The van der Waals surface area contributed by atoms with Crippen molar-refractivity contribution in [2.45, 2.75) is 25.4 Å². The van der Waals surface area contributed by atoms with Crippen LogP contribution in [0.2, 0.25) is 0 Å². The van der Waals surface area contributed by atoms with E-state index < -0.39 is 17.4 Å². The van der Waals surface area contributed by atoms with Gasteiger partial charge in [-0.15, -0.1) is 0 Å². The number of esters is 1. The van der Waals surface area contributed by atoms with Crippen molar-refractivity contribution in [3.8, 4) is 0 Å². The van der Waals surface area contributed by atoms with Crippen molar-refractivity contribution >= 4 is 11.8 Å². The lowest BCUT2D eigenvalue weighted by molar-refractivity contribution is -0.151. The Morgan fingerprint density at radius 3 is 2.73 bits per heavy atom. The van der Waals surface area contributed by atoms with Crippen LogP contribution in [-0.2, 0) is 14.3 Å². The molecular formula is C11H14O4. The summed E-state index contributed by atoms with van der Waals surface area (Å²) in [4.78, 5) is 22.0. The first-order valence-corrected chi connectivity index (χ1v) is 4.66. The molecule has 0 radical (unpaired) electrons. The van der Waals surface area contributed by atoms with Crippen LogP contribution in [0.1, 0.15) is 19.8 Å². The standard InChI is InChI=1S/C11H14O4/c1-11(14)5-3-8(4-6-11)7-9(12)10(13)15-2/h3-5,14H,6-7H2,1-2H3. The monoisotopic (exact) mass is 210 g/mol. The van der Waals surface area contributed by atoms with Crippen LogP contribution < -0.4 is 0 Å². The second-order valence-electron chi connectivity index (χ2n) is 3.77. The van der Waals surface area contributed by atoms with Crippen LogP contribution in [0.3, 0.4) is 0 Å². The van der Waals surface area contributed by atoms with E-state index in [1.807, 2.05) is 0 Å². The molecule has 0 bridgehead atoms. The normalized spacial score (nSPS) is 24.6. The largest absolute Gasteiger partial charge is 0.463 e. The Morgan fingerprint density at radius 2 is 2.27 bits per heavy atom. The van der Waals surface area contributed by atoms with Crippen LogP contribution in [0.25, 0.3) is 0 Å². The fourth-order valence-corrected chi connectivity index (χ4v) is 1.26. The SMILES string of the molecule is COC(=O)C(=O)CC1=CCC(C)(O)C=C1. The third kappa shape index (κ3) is 3.32. The van der Waals surface area contributed by atoms with Crippen LogP contribution in [0.15, 0.2) is 23.8 Å². The molecule has 0 aromatic carbocycles. The number of allylic oxidation sites excluding steroid dienone is 2. The van der Waals surface area contributed by atoms with Gasteiger partial charge in [-0.3, -0.25) is 4.79 Å². The first-order chi connectivity index (χ1) is 6.94. The number of Topliss-reactive ketones (excluding diaryl/α,β-unsaturated/α-hetero) is 1. The van der Waals surface area contributed by atoms with Crippen LogP contribution in [0.5, 0.6) is 0 Å². The van der Waals surface area contributed by atoms with Crippen molar-refractivity contribution < 1.29 is 19.4 Å². The lowest BCUT2D eigenvalue weighted by Crippen LogP contribution is -2.22. The van der Waals surface area contributed by atoms with Gasteiger partial charge in [0, 0.05) is 6.42 Å². The summed E-state index contributed by atoms with van der Waals surface area (Å²) < 4.78 is 4.31. The molecule has 82 valence electrons. The van der Waals surface area contributed by atoms with Gasteiger partial charge in [0.25, 0.3) is 0 Å². The molecule has 1 aliphatic carbocycles. The lowest BCUT2D eigenvalue weighted by atomic mass is 9.92. The Bertz CT molecular complexity index is 336. The number of rotatable bonds is 3. The van der Waals surface area contributed by atoms with Gasteiger partial charge in [-0.05, 0) is 18.9 Å². The number of methoxy groups -OCH3 is 1. The number of hydrogen-bond acceptors (Lipinski definition) is 4. The quantitative estimate of drug-likeness (QED) is 0.551.